The molecule has 0 aliphatic heterocycles. The Labute approximate surface area is 263 Å². The van der Waals surface area contributed by atoms with Gasteiger partial charge >= 0.3 is 19.8 Å². The minimum Gasteiger partial charge on any atom is -0.462 e. The second kappa shape index (κ2) is 27.1. The van der Waals surface area contributed by atoms with Crippen LogP contribution in [0.5, 0.6) is 0 Å². The summed E-state index contributed by atoms with van der Waals surface area (Å²) >= 11 is 0. The van der Waals surface area contributed by atoms with Crippen molar-refractivity contribution in [1.29, 1.82) is 0 Å². The third kappa shape index (κ3) is 30.6. The largest absolute Gasteiger partial charge is 0.472 e. The predicted molar refractivity (Wildman–Crippen MR) is 174 cm³/mol. The highest BCUT2D eigenvalue weighted by atomic mass is 31.2. The van der Waals surface area contributed by atoms with Crippen molar-refractivity contribution in [1.82, 2.24) is 0 Å². The van der Waals surface area contributed by atoms with Crippen molar-refractivity contribution in [3.8, 4) is 0 Å². The zero-order valence-electron chi connectivity index (χ0n) is 28.2. The summed E-state index contributed by atoms with van der Waals surface area (Å²) < 4.78 is 33.9. The monoisotopic (exact) mass is 634 g/mol. The minimum atomic E-state index is -4.35. The molecule has 10 heteroatoms. The van der Waals surface area contributed by atoms with Gasteiger partial charge in [0.05, 0.1) is 27.7 Å². The normalized spacial score (nSPS) is 14.1. The van der Waals surface area contributed by atoms with Crippen molar-refractivity contribution in [2.45, 2.75) is 142 Å². The molecule has 9 nitrogen and oxygen atoms in total. The van der Waals surface area contributed by atoms with E-state index in [9.17, 15) is 19.0 Å². The van der Waals surface area contributed by atoms with Crippen molar-refractivity contribution < 1.29 is 42.1 Å². The highest BCUT2D eigenvalue weighted by molar-refractivity contribution is 7.47. The Morgan fingerprint density at radius 2 is 1.23 bits per heavy atom. The fraction of sp³-hybridized carbons (Fsp3) is 0.879. The van der Waals surface area contributed by atoms with Gasteiger partial charge in [0, 0.05) is 12.8 Å². The van der Waals surface area contributed by atoms with Crippen LogP contribution in [0, 0.1) is 0 Å². The molecule has 2 unspecified atom stereocenters. The molecule has 2 atom stereocenters. The van der Waals surface area contributed by atoms with Crippen molar-refractivity contribution in [3.05, 3.63) is 12.2 Å². The molecule has 0 saturated carbocycles. The Kier molecular flexibility index (Phi) is 26.3. The van der Waals surface area contributed by atoms with E-state index in [2.05, 4.69) is 26.0 Å². The van der Waals surface area contributed by atoms with E-state index in [-0.39, 0.29) is 25.6 Å². The topological polar surface area (TPSA) is 108 Å². The number of esters is 2. The number of unbranched alkanes of at least 4 members (excludes halogenated alkanes) is 14. The van der Waals surface area contributed by atoms with E-state index in [1.807, 2.05) is 21.1 Å². The number of phosphoric acid groups is 1. The average molecular weight is 635 g/mol. The molecule has 0 fully saturated rings. The van der Waals surface area contributed by atoms with E-state index in [1.165, 1.54) is 44.9 Å². The second-order valence-corrected chi connectivity index (χ2v) is 14.0. The summed E-state index contributed by atoms with van der Waals surface area (Å²) in [6, 6.07) is 0. The third-order valence-corrected chi connectivity index (χ3v) is 8.01. The maximum atomic E-state index is 12.5. The first-order valence-electron chi connectivity index (χ1n) is 16.9. The Hall–Kier alpha value is -1.25. The zero-order chi connectivity index (χ0) is 32.2. The van der Waals surface area contributed by atoms with E-state index in [4.69, 9.17) is 18.5 Å². The van der Waals surface area contributed by atoms with Gasteiger partial charge in [0.1, 0.15) is 19.8 Å². The first kappa shape index (κ1) is 41.8. The fourth-order valence-electron chi connectivity index (χ4n) is 4.31. The molecule has 0 aromatic rings. The molecule has 0 bridgehead atoms. The zero-order valence-corrected chi connectivity index (χ0v) is 29.1. The van der Waals surface area contributed by atoms with Gasteiger partial charge in [-0.05, 0) is 32.1 Å². The lowest BCUT2D eigenvalue weighted by atomic mass is 10.1. The standard InChI is InChI=1S/C33H64NO8P/c1-6-8-10-12-14-16-18-20-22-24-26-33(36)42-31(30-41-43(37,38)40-28-27-34(3,4)5)29-39-32(35)25-23-21-19-17-15-13-11-9-7-2/h10,12,31H,6-9,11,13-30H2,1-5H3/p+1/b12-10-. The van der Waals surface area contributed by atoms with Crippen molar-refractivity contribution in [2.75, 3.05) is 47.5 Å². The number of allylic oxidation sites excluding steroid dienone is 2. The van der Waals surface area contributed by atoms with Crippen LogP contribution in [-0.4, -0.2) is 74.9 Å². The number of hydrogen-bond acceptors (Lipinski definition) is 7. The highest BCUT2D eigenvalue weighted by Crippen LogP contribution is 2.43. The lowest BCUT2D eigenvalue weighted by molar-refractivity contribution is -0.870. The molecule has 0 aliphatic rings. The molecule has 0 aromatic carbocycles. The maximum absolute atomic E-state index is 12.5. The van der Waals surface area contributed by atoms with E-state index in [0.29, 0.717) is 23.9 Å². The lowest BCUT2D eigenvalue weighted by Crippen LogP contribution is -2.37. The van der Waals surface area contributed by atoms with Crippen LogP contribution in [0.1, 0.15) is 136 Å². The van der Waals surface area contributed by atoms with Crippen LogP contribution in [0.2, 0.25) is 0 Å². The van der Waals surface area contributed by atoms with E-state index < -0.39 is 26.5 Å². The molecule has 0 heterocycles. The Bertz CT molecular complexity index is 768. The van der Waals surface area contributed by atoms with Crippen LogP contribution in [0.25, 0.3) is 0 Å². The molecule has 0 aromatic heterocycles. The summed E-state index contributed by atoms with van der Waals surface area (Å²) in [6.45, 7) is 4.30. The number of nitrogens with zero attached hydrogens (tertiary/aromatic N) is 1. The van der Waals surface area contributed by atoms with Crippen molar-refractivity contribution in [2.24, 2.45) is 0 Å². The van der Waals surface area contributed by atoms with Crippen LogP contribution >= 0.6 is 7.82 Å². The van der Waals surface area contributed by atoms with Crippen LogP contribution in [0.3, 0.4) is 0 Å². The fourth-order valence-corrected chi connectivity index (χ4v) is 5.05. The van der Waals surface area contributed by atoms with Crippen molar-refractivity contribution in [3.63, 3.8) is 0 Å². The Balaban J connectivity index is 4.52. The quantitative estimate of drug-likeness (QED) is 0.0276. The molecule has 0 rings (SSSR count). The number of hydrogen-bond donors (Lipinski definition) is 1. The summed E-state index contributed by atoms with van der Waals surface area (Å²) in [5, 5.41) is 0. The predicted octanol–water partition coefficient (Wildman–Crippen LogP) is 8.29. The number of carbonyl (C=O) groups excluding carboxylic acids is 2. The average Bonchev–Trinajstić information content (AvgIpc) is 2.93. The summed E-state index contributed by atoms with van der Waals surface area (Å²) in [5.41, 5.74) is 0. The number of quaternary nitrogens is 1. The molecular weight excluding hydrogens is 569 g/mol. The molecular formula is C33H65NO8P+. The van der Waals surface area contributed by atoms with E-state index >= 15 is 0 Å². The molecule has 0 aliphatic carbocycles. The van der Waals surface area contributed by atoms with Gasteiger partial charge in [-0.25, -0.2) is 4.57 Å². The molecule has 0 spiro atoms. The summed E-state index contributed by atoms with van der Waals surface area (Å²) in [5.74, 6) is -0.815. The summed E-state index contributed by atoms with van der Waals surface area (Å²) in [6.07, 6.45) is 22.7. The molecule has 43 heavy (non-hydrogen) atoms. The van der Waals surface area contributed by atoms with Crippen molar-refractivity contribution >= 4 is 19.8 Å². The SMILES string of the molecule is CCC/C=C\CCCCCCCC(=O)OC(COC(=O)CCCCCCCCCCC)COP(=O)(O)OCC[N+](C)(C)C. The minimum absolute atomic E-state index is 0.0322. The summed E-state index contributed by atoms with van der Waals surface area (Å²) in [4.78, 5) is 34.9. The van der Waals surface area contributed by atoms with Gasteiger partial charge in [-0.1, -0.05) is 103 Å². The molecule has 254 valence electrons. The maximum Gasteiger partial charge on any atom is 0.472 e. The Morgan fingerprint density at radius 1 is 0.698 bits per heavy atom. The van der Waals surface area contributed by atoms with Gasteiger partial charge in [-0.2, -0.15) is 0 Å². The first-order valence-corrected chi connectivity index (χ1v) is 18.4. The van der Waals surface area contributed by atoms with Crippen LogP contribution in [0.15, 0.2) is 12.2 Å². The molecule has 0 saturated heterocycles. The number of likely N-dealkylation sites (N-methyl/N-ethyl adjacent to an activating group) is 1. The van der Waals surface area contributed by atoms with Crippen LogP contribution in [0.4, 0.5) is 0 Å². The van der Waals surface area contributed by atoms with Gasteiger partial charge in [0.15, 0.2) is 6.10 Å². The number of rotatable bonds is 30. The molecule has 0 amide bonds. The van der Waals surface area contributed by atoms with Crippen LogP contribution < -0.4 is 0 Å². The number of ether oxygens (including phenoxy) is 2. The Morgan fingerprint density at radius 3 is 1.81 bits per heavy atom. The van der Waals surface area contributed by atoms with E-state index in [1.54, 1.807) is 0 Å². The summed E-state index contributed by atoms with van der Waals surface area (Å²) in [7, 11) is 1.47. The molecule has 0 radical (unpaired) electrons. The molecule has 1 N–H and O–H groups in total. The van der Waals surface area contributed by atoms with Gasteiger partial charge in [-0.3, -0.25) is 18.6 Å². The van der Waals surface area contributed by atoms with Gasteiger partial charge in [0.25, 0.3) is 0 Å². The lowest BCUT2D eigenvalue weighted by Gasteiger charge is -2.24. The first-order chi connectivity index (χ1) is 20.5. The van der Waals surface area contributed by atoms with Gasteiger partial charge < -0.3 is 18.9 Å². The second-order valence-electron chi connectivity index (χ2n) is 12.6. The smallest absolute Gasteiger partial charge is 0.462 e. The van der Waals surface area contributed by atoms with Gasteiger partial charge in [0.2, 0.25) is 0 Å². The number of phosphoric ester groups is 1. The third-order valence-electron chi connectivity index (χ3n) is 7.03. The van der Waals surface area contributed by atoms with Gasteiger partial charge in [-0.15, -0.1) is 0 Å². The van der Waals surface area contributed by atoms with Crippen LogP contribution in [-0.2, 0) is 32.7 Å². The highest BCUT2D eigenvalue weighted by Gasteiger charge is 2.27. The number of carbonyl (C=O) groups is 2. The van der Waals surface area contributed by atoms with E-state index in [0.717, 1.165) is 57.8 Å².